The molecule has 0 atom stereocenters. The van der Waals surface area contributed by atoms with E-state index in [2.05, 4.69) is 20.3 Å². The number of hydrogen-bond donors (Lipinski definition) is 1. The highest BCUT2D eigenvalue weighted by molar-refractivity contribution is 7.19. The smallest absolute Gasteiger partial charge is 0.257 e. The maximum atomic E-state index is 12.6. The lowest BCUT2D eigenvalue weighted by Gasteiger charge is -2.06. The number of amides is 1. The summed E-state index contributed by atoms with van der Waals surface area (Å²) < 4.78 is 5.72. The van der Waals surface area contributed by atoms with Gasteiger partial charge in [-0.15, -0.1) is 11.3 Å². The molecule has 0 bridgehead atoms. The second-order valence-corrected chi connectivity index (χ2v) is 8.33. The molecule has 0 saturated heterocycles. The van der Waals surface area contributed by atoms with Gasteiger partial charge in [0.2, 0.25) is 0 Å². The van der Waals surface area contributed by atoms with Gasteiger partial charge in [-0.1, -0.05) is 17.4 Å². The molecule has 0 aliphatic rings. The van der Waals surface area contributed by atoms with Gasteiger partial charge in [-0.25, -0.2) is 9.97 Å². The molecule has 0 radical (unpaired) electrons. The first-order valence-electron chi connectivity index (χ1n) is 8.92. The van der Waals surface area contributed by atoms with Gasteiger partial charge in [-0.2, -0.15) is 0 Å². The predicted molar refractivity (Wildman–Crippen MR) is 116 cm³/mol. The predicted octanol–water partition coefficient (Wildman–Crippen LogP) is 5.11. The Hall–Kier alpha value is -3.10. The summed E-state index contributed by atoms with van der Waals surface area (Å²) >= 11 is 3.01. The largest absolute Gasteiger partial charge is 0.487 e. The Morgan fingerprint density at radius 3 is 2.62 bits per heavy atom. The lowest BCUT2D eigenvalue weighted by atomic mass is 10.2. The van der Waals surface area contributed by atoms with Gasteiger partial charge in [-0.05, 0) is 50.2 Å². The van der Waals surface area contributed by atoms with Crippen LogP contribution in [0.15, 0.2) is 54.0 Å². The van der Waals surface area contributed by atoms with E-state index in [-0.39, 0.29) is 5.91 Å². The van der Waals surface area contributed by atoms with Gasteiger partial charge in [0, 0.05) is 17.1 Å². The third kappa shape index (κ3) is 4.67. The first kappa shape index (κ1) is 19.2. The Balaban J connectivity index is 1.40. The van der Waals surface area contributed by atoms with Gasteiger partial charge >= 0.3 is 0 Å². The minimum atomic E-state index is -0.215. The van der Waals surface area contributed by atoms with Crippen molar-refractivity contribution < 1.29 is 9.53 Å². The van der Waals surface area contributed by atoms with Crippen LogP contribution in [0.2, 0.25) is 0 Å². The molecule has 1 aromatic carbocycles. The maximum absolute atomic E-state index is 12.6. The van der Waals surface area contributed by atoms with E-state index in [9.17, 15) is 4.79 Å². The monoisotopic (exact) mass is 422 g/mol. The normalized spacial score (nSPS) is 10.7. The number of thiazole rings is 2. The minimum Gasteiger partial charge on any atom is -0.487 e. The van der Waals surface area contributed by atoms with Crippen LogP contribution in [0.5, 0.6) is 5.75 Å². The molecule has 1 amide bonds. The molecule has 146 valence electrons. The average Bonchev–Trinajstić information content (AvgIpc) is 3.32. The van der Waals surface area contributed by atoms with Crippen LogP contribution >= 0.6 is 22.7 Å². The van der Waals surface area contributed by atoms with E-state index in [4.69, 9.17) is 4.74 Å². The molecule has 4 aromatic rings. The van der Waals surface area contributed by atoms with Crippen molar-refractivity contribution in [2.45, 2.75) is 20.5 Å². The quantitative estimate of drug-likeness (QED) is 0.467. The number of aromatic nitrogens is 3. The topological polar surface area (TPSA) is 77.0 Å². The molecule has 0 aliphatic heterocycles. The lowest BCUT2D eigenvalue weighted by molar-refractivity contribution is 0.102. The number of pyridine rings is 1. The highest BCUT2D eigenvalue weighted by atomic mass is 32.1. The number of anilines is 1. The van der Waals surface area contributed by atoms with E-state index < -0.39 is 0 Å². The summed E-state index contributed by atoms with van der Waals surface area (Å²) in [5.74, 6) is 0.475. The zero-order chi connectivity index (χ0) is 20.2. The highest BCUT2D eigenvalue weighted by Gasteiger charge is 2.14. The molecule has 6 nitrogen and oxygen atoms in total. The van der Waals surface area contributed by atoms with E-state index in [1.165, 1.54) is 11.3 Å². The van der Waals surface area contributed by atoms with Crippen molar-refractivity contribution in [2.75, 3.05) is 5.32 Å². The number of ether oxygens (including phenoxy) is 1. The van der Waals surface area contributed by atoms with Gasteiger partial charge in [-0.3, -0.25) is 15.1 Å². The Labute approximate surface area is 176 Å². The van der Waals surface area contributed by atoms with Crippen molar-refractivity contribution in [1.82, 2.24) is 15.0 Å². The molecule has 8 heteroatoms. The number of benzene rings is 1. The summed E-state index contributed by atoms with van der Waals surface area (Å²) in [5.41, 5.74) is 3.12. The molecule has 29 heavy (non-hydrogen) atoms. The first-order valence-corrected chi connectivity index (χ1v) is 10.6. The molecule has 1 N–H and O–H groups in total. The zero-order valence-electron chi connectivity index (χ0n) is 15.9. The molecular weight excluding hydrogens is 404 g/mol. The molecule has 0 fully saturated rings. The summed E-state index contributed by atoms with van der Waals surface area (Å²) in [4.78, 5) is 26.7. The van der Waals surface area contributed by atoms with Crippen LogP contribution < -0.4 is 10.1 Å². The summed E-state index contributed by atoms with van der Waals surface area (Å²) in [6.07, 6.45) is 1.74. The van der Waals surface area contributed by atoms with Gasteiger partial charge in [0.25, 0.3) is 5.91 Å². The van der Waals surface area contributed by atoms with Crippen molar-refractivity contribution in [3.63, 3.8) is 0 Å². The van der Waals surface area contributed by atoms with Crippen molar-refractivity contribution in [3.05, 3.63) is 76.0 Å². The van der Waals surface area contributed by atoms with E-state index in [0.717, 1.165) is 27.0 Å². The highest BCUT2D eigenvalue weighted by Crippen LogP contribution is 2.31. The van der Waals surface area contributed by atoms with Crippen molar-refractivity contribution in [2.24, 2.45) is 0 Å². The molecule has 0 saturated carbocycles. The third-order valence-electron chi connectivity index (χ3n) is 4.08. The average molecular weight is 423 g/mol. The fourth-order valence-corrected chi connectivity index (χ4v) is 4.22. The zero-order valence-corrected chi connectivity index (χ0v) is 17.5. The van der Waals surface area contributed by atoms with Crippen LogP contribution in [-0.2, 0) is 6.61 Å². The maximum Gasteiger partial charge on any atom is 0.257 e. The molecule has 3 aromatic heterocycles. The third-order valence-corrected chi connectivity index (χ3v) is 6.00. The number of hydrogen-bond acceptors (Lipinski definition) is 7. The Morgan fingerprint density at radius 2 is 1.93 bits per heavy atom. The number of nitrogens with one attached hydrogen (secondary N) is 1. The number of nitrogens with zero attached hydrogens (tertiary/aromatic N) is 3. The number of carbonyl (C=O) groups is 1. The summed E-state index contributed by atoms with van der Waals surface area (Å²) in [6, 6.07) is 12.7. The van der Waals surface area contributed by atoms with E-state index in [0.29, 0.717) is 23.1 Å². The van der Waals surface area contributed by atoms with Gasteiger partial charge < -0.3 is 4.74 Å². The molecule has 0 spiro atoms. The fraction of sp³-hybridized carbons (Fsp3) is 0.143. The van der Waals surface area contributed by atoms with Gasteiger partial charge in [0.05, 0.1) is 27.0 Å². The molecule has 0 aliphatic carbocycles. The van der Waals surface area contributed by atoms with E-state index in [1.54, 1.807) is 41.8 Å². The molecular formula is C21H18N4O2S2. The van der Waals surface area contributed by atoms with Crippen molar-refractivity contribution in [1.29, 1.82) is 0 Å². The van der Waals surface area contributed by atoms with Crippen LogP contribution in [-0.4, -0.2) is 20.9 Å². The second-order valence-electron chi connectivity index (χ2n) is 6.27. The Bertz CT molecular complexity index is 1120. The molecule has 4 rings (SSSR count). The standard InChI is InChI=1S/C21H18N4O2S2/c1-13-19(18-5-3-4-10-22-18)29-21(23-13)25-20(26)15-6-8-17(9-7-15)27-11-16-12-28-14(2)24-16/h3-10,12H,11H2,1-2H3,(H,23,25,26). The summed E-state index contributed by atoms with van der Waals surface area (Å²) in [7, 11) is 0. The second kappa shape index (κ2) is 8.50. The van der Waals surface area contributed by atoms with Gasteiger partial charge in [0.15, 0.2) is 5.13 Å². The van der Waals surface area contributed by atoms with E-state index in [1.807, 2.05) is 37.4 Å². The van der Waals surface area contributed by atoms with Crippen LogP contribution in [0.25, 0.3) is 10.6 Å². The van der Waals surface area contributed by atoms with Gasteiger partial charge in [0.1, 0.15) is 12.4 Å². The molecule has 3 heterocycles. The number of aryl methyl sites for hydroxylation is 2. The minimum absolute atomic E-state index is 0.215. The van der Waals surface area contributed by atoms with E-state index >= 15 is 0 Å². The van der Waals surface area contributed by atoms with Crippen LogP contribution in [0.4, 0.5) is 5.13 Å². The lowest BCUT2D eigenvalue weighted by Crippen LogP contribution is -2.11. The van der Waals surface area contributed by atoms with Crippen LogP contribution in [0.1, 0.15) is 26.8 Å². The fourth-order valence-electron chi connectivity index (χ4n) is 2.69. The van der Waals surface area contributed by atoms with Crippen molar-refractivity contribution >= 4 is 33.7 Å². The molecule has 0 unspecified atom stereocenters. The summed E-state index contributed by atoms with van der Waals surface area (Å²) in [5, 5.41) is 6.40. The van der Waals surface area contributed by atoms with Crippen LogP contribution in [0.3, 0.4) is 0 Å². The summed E-state index contributed by atoms with van der Waals surface area (Å²) in [6.45, 7) is 4.28. The Kier molecular flexibility index (Phi) is 5.64. The number of rotatable bonds is 6. The van der Waals surface area contributed by atoms with Crippen LogP contribution in [0, 0.1) is 13.8 Å². The number of carbonyl (C=O) groups excluding carboxylic acids is 1. The SMILES string of the molecule is Cc1nc(COc2ccc(C(=O)Nc3nc(C)c(-c4ccccn4)s3)cc2)cs1. The first-order chi connectivity index (χ1) is 14.1. The Morgan fingerprint density at radius 1 is 1.10 bits per heavy atom. The van der Waals surface area contributed by atoms with Crippen molar-refractivity contribution in [3.8, 4) is 16.3 Å².